The van der Waals surface area contributed by atoms with Crippen LogP contribution in [0.25, 0.3) is 16.6 Å². The molecule has 0 saturated heterocycles. The number of nitrogen functional groups attached to an aromatic ring is 1. The Hall–Kier alpha value is -2.84. The molecule has 1 aliphatic rings. The molecular weight excluding hydrogens is 371 g/mol. The Kier molecular flexibility index (Phi) is 4.60. The minimum absolute atomic E-state index is 0.0341. The zero-order chi connectivity index (χ0) is 19.9. The van der Waals surface area contributed by atoms with E-state index in [1.807, 2.05) is 12.1 Å². The molecule has 0 aliphatic heterocycles. The number of ether oxygens (including phenoxy) is 1. The molecule has 2 N–H and O–H groups in total. The number of rotatable bonds is 3. The summed E-state index contributed by atoms with van der Waals surface area (Å²) >= 11 is 0. The molecule has 1 saturated carbocycles. The van der Waals surface area contributed by atoms with Crippen molar-refractivity contribution in [1.82, 2.24) is 19.6 Å². The van der Waals surface area contributed by atoms with Gasteiger partial charge in [-0.15, -0.1) is 5.10 Å². The lowest BCUT2D eigenvalue weighted by atomic mass is 9.84. The van der Waals surface area contributed by atoms with Gasteiger partial charge < -0.3 is 10.5 Å². The SMILES string of the molecule is COc1cccc2c1nc(N)n1nc(C3CCC/C(=C\CC(F)(F)F)C3)nc21. The first-order valence-electron chi connectivity index (χ1n) is 9.09. The summed E-state index contributed by atoms with van der Waals surface area (Å²) in [6, 6.07) is 5.50. The minimum Gasteiger partial charge on any atom is -0.494 e. The summed E-state index contributed by atoms with van der Waals surface area (Å²) in [5.74, 6) is 1.33. The van der Waals surface area contributed by atoms with E-state index in [2.05, 4.69) is 15.1 Å². The number of halogens is 3. The number of para-hydroxylation sites is 1. The first-order chi connectivity index (χ1) is 13.4. The van der Waals surface area contributed by atoms with E-state index in [4.69, 9.17) is 10.5 Å². The molecule has 3 aromatic rings. The third-order valence-electron chi connectivity index (χ3n) is 5.07. The summed E-state index contributed by atoms with van der Waals surface area (Å²) in [7, 11) is 1.56. The van der Waals surface area contributed by atoms with Gasteiger partial charge in [-0.2, -0.15) is 17.7 Å². The van der Waals surface area contributed by atoms with Crippen LogP contribution in [0.1, 0.15) is 43.8 Å². The van der Waals surface area contributed by atoms with Crippen LogP contribution in [0.15, 0.2) is 29.8 Å². The summed E-state index contributed by atoms with van der Waals surface area (Å²) in [6.07, 6.45) is -0.918. The van der Waals surface area contributed by atoms with Gasteiger partial charge in [0.05, 0.1) is 13.5 Å². The van der Waals surface area contributed by atoms with Gasteiger partial charge in [0.15, 0.2) is 11.5 Å². The predicted molar refractivity (Wildman–Crippen MR) is 99.2 cm³/mol. The van der Waals surface area contributed by atoms with Crippen LogP contribution >= 0.6 is 0 Å². The highest BCUT2D eigenvalue weighted by Gasteiger charge is 2.28. The second-order valence-electron chi connectivity index (χ2n) is 7.01. The molecule has 2 heterocycles. The molecule has 0 amide bonds. The molecule has 2 aromatic heterocycles. The third-order valence-corrected chi connectivity index (χ3v) is 5.07. The lowest BCUT2D eigenvalue weighted by Gasteiger charge is -2.22. The van der Waals surface area contributed by atoms with Crippen LogP contribution in [0, 0.1) is 0 Å². The van der Waals surface area contributed by atoms with Crippen molar-refractivity contribution < 1.29 is 17.9 Å². The van der Waals surface area contributed by atoms with E-state index in [9.17, 15) is 13.2 Å². The van der Waals surface area contributed by atoms with Crippen molar-refractivity contribution in [3.63, 3.8) is 0 Å². The lowest BCUT2D eigenvalue weighted by molar-refractivity contribution is -0.125. The fourth-order valence-corrected chi connectivity index (χ4v) is 3.74. The first-order valence-corrected chi connectivity index (χ1v) is 9.09. The van der Waals surface area contributed by atoms with Gasteiger partial charge in [-0.3, -0.25) is 0 Å². The maximum Gasteiger partial charge on any atom is 0.392 e. The van der Waals surface area contributed by atoms with E-state index in [1.54, 1.807) is 13.2 Å². The van der Waals surface area contributed by atoms with Crippen LogP contribution < -0.4 is 10.5 Å². The van der Waals surface area contributed by atoms with Crippen molar-refractivity contribution in [1.29, 1.82) is 0 Å². The van der Waals surface area contributed by atoms with Crippen molar-refractivity contribution in [2.45, 2.75) is 44.2 Å². The number of hydrogen-bond acceptors (Lipinski definition) is 5. The van der Waals surface area contributed by atoms with Crippen molar-refractivity contribution in [2.24, 2.45) is 0 Å². The molecule has 9 heteroatoms. The standard InChI is InChI=1S/C19H20F3N5O/c1-28-14-7-3-6-13-15(14)24-18(23)27-17(13)25-16(26-27)12-5-2-4-11(10-12)8-9-19(20,21)22/h3,6-8,12H,2,4-5,9-10H2,1H3,(H2,23,24)/b11-8+. The fraction of sp³-hybridized carbons (Fsp3) is 0.421. The van der Waals surface area contributed by atoms with Gasteiger partial charge in [0.25, 0.3) is 0 Å². The molecule has 148 valence electrons. The third kappa shape index (κ3) is 3.48. The monoisotopic (exact) mass is 391 g/mol. The molecule has 1 atom stereocenters. The van der Waals surface area contributed by atoms with Crippen molar-refractivity contribution in [3.05, 3.63) is 35.7 Å². The average Bonchev–Trinajstić information content (AvgIpc) is 3.12. The second kappa shape index (κ2) is 6.96. The number of anilines is 1. The fourth-order valence-electron chi connectivity index (χ4n) is 3.74. The molecule has 0 bridgehead atoms. The molecule has 1 unspecified atom stereocenters. The zero-order valence-corrected chi connectivity index (χ0v) is 15.3. The van der Waals surface area contributed by atoms with Gasteiger partial charge in [0, 0.05) is 11.3 Å². The average molecular weight is 391 g/mol. The van der Waals surface area contributed by atoms with E-state index < -0.39 is 12.6 Å². The van der Waals surface area contributed by atoms with Gasteiger partial charge in [-0.25, -0.2) is 9.97 Å². The predicted octanol–water partition coefficient (Wildman–Crippen LogP) is 4.40. The number of hydrogen-bond donors (Lipinski definition) is 1. The summed E-state index contributed by atoms with van der Waals surface area (Å²) < 4.78 is 44.4. The molecule has 1 aromatic carbocycles. The maximum absolute atomic E-state index is 12.5. The van der Waals surface area contributed by atoms with Crippen LogP contribution in [0.4, 0.5) is 19.1 Å². The van der Waals surface area contributed by atoms with E-state index >= 15 is 0 Å². The molecule has 0 spiro atoms. The topological polar surface area (TPSA) is 78.3 Å². The number of methoxy groups -OCH3 is 1. The van der Waals surface area contributed by atoms with Crippen molar-refractivity contribution >= 4 is 22.5 Å². The Morgan fingerprint density at radius 2 is 2.14 bits per heavy atom. The summed E-state index contributed by atoms with van der Waals surface area (Å²) in [4.78, 5) is 9.05. The Morgan fingerprint density at radius 1 is 1.32 bits per heavy atom. The number of fused-ring (bicyclic) bond motifs is 3. The van der Waals surface area contributed by atoms with Crippen LogP contribution in [0.5, 0.6) is 5.75 Å². The quantitative estimate of drug-likeness (QED) is 0.670. The van der Waals surface area contributed by atoms with Gasteiger partial charge in [0.1, 0.15) is 11.3 Å². The van der Waals surface area contributed by atoms with Gasteiger partial charge in [-0.05, 0) is 37.8 Å². The van der Waals surface area contributed by atoms with Crippen molar-refractivity contribution in [3.8, 4) is 5.75 Å². The Morgan fingerprint density at radius 3 is 2.89 bits per heavy atom. The van der Waals surface area contributed by atoms with E-state index in [-0.39, 0.29) is 11.9 Å². The smallest absolute Gasteiger partial charge is 0.392 e. The number of alkyl halides is 3. The van der Waals surface area contributed by atoms with E-state index in [0.29, 0.717) is 35.6 Å². The van der Waals surface area contributed by atoms with Gasteiger partial charge >= 0.3 is 6.18 Å². The van der Waals surface area contributed by atoms with Gasteiger partial charge in [-0.1, -0.05) is 17.7 Å². The number of allylic oxidation sites excluding steroid dienone is 2. The van der Waals surface area contributed by atoms with Crippen LogP contribution in [0.2, 0.25) is 0 Å². The van der Waals surface area contributed by atoms with Crippen LogP contribution in [-0.4, -0.2) is 32.9 Å². The Bertz CT molecular complexity index is 1060. The van der Waals surface area contributed by atoms with E-state index in [1.165, 1.54) is 10.6 Å². The highest BCUT2D eigenvalue weighted by atomic mass is 19.4. The van der Waals surface area contributed by atoms with Crippen LogP contribution in [0.3, 0.4) is 0 Å². The van der Waals surface area contributed by atoms with Gasteiger partial charge in [0.2, 0.25) is 5.95 Å². The normalized spacial score (nSPS) is 19.6. The molecular formula is C19H20F3N5O. The number of benzene rings is 1. The van der Waals surface area contributed by atoms with Crippen molar-refractivity contribution in [2.75, 3.05) is 12.8 Å². The molecule has 0 radical (unpaired) electrons. The Labute approximate surface area is 159 Å². The maximum atomic E-state index is 12.5. The Balaban J connectivity index is 1.72. The molecule has 1 aliphatic carbocycles. The molecule has 4 rings (SSSR count). The second-order valence-corrected chi connectivity index (χ2v) is 7.01. The largest absolute Gasteiger partial charge is 0.494 e. The summed E-state index contributed by atoms with van der Waals surface area (Å²) in [5.41, 5.74) is 8.05. The highest BCUT2D eigenvalue weighted by molar-refractivity contribution is 5.95. The lowest BCUT2D eigenvalue weighted by Crippen LogP contribution is -2.11. The summed E-state index contributed by atoms with van der Waals surface area (Å²) in [5, 5.41) is 5.27. The number of nitrogens with zero attached hydrogens (tertiary/aromatic N) is 4. The first kappa shape index (κ1) is 18.5. The van der Waals surface area contributed by atoms with Crippen LogP contribution in [-0.2, 0) is 0 Å². The molecule has 1 fully saturated rings. The minimum atomic E-state index is -4.18. The zero-order valence-electron chi connectivity index (χ0n) is 15.3. The van der Waals surface area contributed by atoms with E-state index in [0.717, 1.165) is 23.8 Å². The number of aromatic nitrogens is 4. The summed E-state index contributed by atoms with van der Waals surface area (Å²) in [6.45, 7) is 0. The molecule has 28 heavy (non-hydrogen) atoms. The molecule has 6 nitrogen and oxygen atoms in total. The number of nitrogens with two attached hydrogens (primary N) is 1. The highest BCUT2D eigenvalue weighted by Crippen LogP contribution is 2.36.